The van der Waals surface area contributed by atoms with E-state index in [1.165, 1.54) is 5.56 Å². The summed E-state index contributed by atoms with van der Waals surface area (Å²) in [5.41, 5.74) is 9.64. The minimum absolute atomic E-state index is 0.0751. The largest absolute Gasteiger partial charge is 0.478 e. The molecule has 1 aliphatic carbocycles. The summed E-state index contributed by atoms with van der Waals surface area (Å²) in [5, 5.41) is 9.01. The van der Waals surface area contributed by atoms with Gasteiger partial charge in [0.2, 0.25) is 0 Å². The Morgan fingerprint density at radius 2 is 2.06 bits per heavy atom. The zero-order chi connectivity index (χ0) is 11.9. The van der Waals surface area contributed by atoms with Crippen LogP contribution in [0.3, 0.4) is 0 Å². The number of carboxylic acids is 1. The smallest absolute Gasteiger partial charge is 0.335 e. The molecule has 0 spiro atoms. The van der Waals surface area contributed by atoms with Crippen molar-refractivity contribution in [3.8, 4) is 0 Å². The standard InChI is InChI=1S/C13H17NO2/c1-8-5-10(12(15)16)6-11(9(8)2)7-13(14)3-4-13/h5-6H,3-4,7,14H2,1-2H3,(H,15,16). The maximum atomic E-state index is 11.0. The van der Waals surface area contributed by atoms with Crippen LogP contribution in [-0.2, 0) is 6.42 Å². The zero-order valence-corrected chi connectivity index (χ0v) is 9.71. The molecule has 1 aromatic rings. The van der Waals surface area contributed by atoms with Crippen LogP contribution in [0, 0.1) is 13.8 Å². The van der Waals surface area contributed by atoms with Gasteiger partial charge in [-0.05, 0) is 61.9 Å². The molecule has 3 heteroatoms. The molecule has 0 saturated heterocycles. The van der Waals surface area contributed by atoms with Crippen molar-refractivity contribution in [2.24, 2.45) is 5.73 Å². The Hall–Kier alpha value is -1.35. The summed E-state index contributed by atoms with van der Waals surface area (Å²) in [4.78, 5) is 11.0. The first kappa shape index (κ1) is 11.1. The monoisotopic (exact) mass is 219 g/mol. The minimum Gasteiger partial charge on any atom is -0.478 e. The highest BCUT2D eigenvalue weighted by molar-refractivity contribution is 5.88. The van der Waals surface area contributed by atoms with E-state index < -0.39 is 5.97 Å². The molecule has 3 nitrogen and oxygen atoms in total. The highest BCUT2D eigenvalue weighted by Gasteiger charge is 2.38. The van der Waals surface area contributed by atoms with Crippen LogP contribution in [0.25, 0.3) is 0 Å². The lowest BCUT2D eigenvalue weighted by molar-refractivity contribution is 0.0696. The number of aryl methyl sites for hydroxylation is 1. The summed E-state index contributed by atoms with van der Waals surface area (Å²) >= 11 is 0. The second-order valence-corrected chi connectivity index (χ2v) is 4.92. The van der Waals surface area contributed by atoms with E-state index in [-0.39, 0.29) is 5.54 Å². The fourth-order valence-electron chi connectivity index (χ4n) is 1.96. The number of hydrogen-bond donors (Lipinski definition) is 2. The number of nitrogens with two attached hydrogens (primary N) is 1. The van der Waals surface area contributed by atoms with Crippen molar-refractivity contribution in [1.82, 2.24) is 0 Å². The number of rotatable bonds is 3. The third-order valence-electron chi connectivity index (χ3n) is 3.46. The molecule has 2 rings (SSSR count). The molecule has 0 aliphatic heterocycles. The van der Waals surface area contributed by atoms with Gasteiger partial charge in [0.15, 0.2) is 0 Å². The van der Waals surface area contributed by atoms with Gasteiger partial charge in [-0.15, -0.1) is 0 Å². The second-order valence-electron chi connectivity index (χ2n) is 4.92. The van der Waals surface area contributed by atoms with Gasteiger partial charge in [-0.1, -0.05) is 0 Å². The fourth-order valence-corrected chi connectivity index (χ4v) is 1.96. The molecule has 0 amide bonds. The zero-order valence-electron chi connectivity index (χ0n) is 9.71. The normalized spacial score (nSPS) is 17.2. The number of aromatic carboxylic acids is 1. The van der Waals surface area contributed by atoms with E-state index in [2.05, 4.69) is 0 Å². The molecule has 1 aromatic carbocycles. The Morgan fingerprint density at radius 3 is 2.56 bits per heavy atom. The van der Waals surface area contributed by atoms with Crippen molar-refractivity contribution >= 4 is 5.97 Å². The van der Waals surface area contributed by atoms with E-state index in [4.69, 9.17) is 10.8 Å². The molecule has 1 saturated carbocycles. The van der Waals surface area contributed by atoms with E-state index in [1.54, 1.807) is 12.1 Å². The molecule has 0 heterocycles. The van der Waals surface area contributed by atoms with Gasteiger partial charge in [-0.25, -0.2) is 4.79 Å². The van der Waals surface area contributed by atoms with Gasteiger partial charge in [0, 0.05) is 5.54 Å². The Labute approximate surface area is 95.3 Å². The lowest BCUT2D eigenvalue weighted by Gasteiger charge is -2.14. The van der Waals surface area contributed by atoms with Crippen molar-refractivity contribution in [3.05, 3.63) is 34.4 Å². The van der Waals surface area contributed by atoms with Gasteiger partial charge >= 0.3 is 5.97 Å². The number of carboxylic acid groups (broad SMARTS) is 1. The average Bonchev–Trinajstić information content (AvgIpc) is 2.91. The summed E-state index contributed by atoms with van der Waals surface area (Å²) in [6.07, 6.45) is 2.88. The SMILES string of the molecule is Cc1cc(C(=O)O)cc(CC2(N)CC2)c1C. The van der Waals surface area contributed by atoms with Gasteiger partial charge in [0.05, 0.1) is 5.56 Å². The Bertz CT molecular complexity index is 447. The van der Waals surface area contributed by atoms with Crippen LogP contribution in [0.1, 0.15) is 39.9 Å². The molecular formula is C13H17NO2. The molecule has 0 atom stereocenters. The number of hydrogen-bond acceptors (Lipinski definition) is 2. The van der Waals surface area contributed by atoms with Crippen molar-refractivity contribution < 1.29 is 9.90 Å². The first-order valence-corrected chi connectivity index (χ1v) is 5.54. The molecule has 0 bridgehead atoms. The predicted octanol–water partition coefficient (Wildman–Crippen LogP) is 2.04. The first-order chi connectivity index (χ1) is 7.41. The van der Waals surface area contributed by atoms with Crippen LogP contribution in [0.5, 0.6) is 0 Å². The molecule has 16 heavy (non-hydrogen) atoms. The van der Waals surface area contributed by atoms with E-state index in [1.807, 2.05) is 13.8 Å². The Morgan fingerprint density at radius 1 is 1.44 bits per heavy atom. The number of carbonyl (C=O) groups is 1. The summed E-state index contributed by atoms with van der Waals surface area (Å²) in [6, 6.07) is 3.48. The third-order valence-corrected chi connectivity index (χ3v) is 3.46. The van der Waals surface area contributed by atoms with Crippen molar-refractivity contribution in [1.29, 1.82) is 0 Å². The van der Waals surface area contributed by atoms with Gasteiger partial charge in [0.25, 0.3) is 0 Å². The molecule has 0 aromatic heterocycles. The highest BCUT2D eigenvalue weighted by atomic mass is 16.4. The summed E-state index contributed by atoms with van der Waals surface area (Å²) in [5.74, 6) is -0.869. The van der Waals surface area contributed by atoms with Gasteiger partial charge in [-0.3, -0.25) is 0 Å². The van der Waals surface area contributed by atoms with Gasteiger partial charge in [-0.2, -0.15) is 0 Å². The van der Waals surface area contributed by atoms with Crippen LogP contribution in [0.2, 0.25) is 0 Å². The lowest BCUT2D eigenvalue weighted by atomic mass is 9.94. The van der Waals surface area contributed by atoms with Crippen LogP contribution < -0.4 is 5.73 Å². The van der Waals surface area contributed by atoms with Crippen LogP contribution in [0.4, 0.5) is 0 Å². The van der Waals surface area contributed by atoms with E-state index >= 15 is 0 Å². The molecule has 1 aliphatic rings. The maximum Gasteiger partial charge on any atom is 0.335 e. The van der Waals surface area contributed by atoms with E-state index in [9.17, 15) is 4.79 Å². The van der Waals surface area contributed by atoms with Gasteiger partial charge < -0.3 is 10.8 Å². The number of benzene rings is 1. The topological polar surface area (TPSA) is 63.3 Å². The van der Waals surface area contributed by atoms with Crippen LogP contribution in [-0.4, -0.2) is 16.6 Å². The van der Waals surface area contributed by atoms with Crippen LogP contribution >= 0.6 is 0 Å². The summed E-state index contributed by atoms with van der Waals surface area (Å²) in [7, 11) is 0. The molecule has 0 radical (unpaired) electrons. The molecular weight excluding hydrogens is 202 g/mol. The minimum atomic E-state index is -0.869. The molecule has 86 valence electrons. The first-order valence-electron chi connectivity index (χ1n) is 5.54. The second kappa shape index (κ2) is 3.59. The van der Waals surface area contributed by atoms with E-state index in [0.29, 0.717) is 5.56 Å². The molecule has 0 unspecified atom stereocenters. The van der Waals surface area contributed by atoms with Gasteiger partial charge in [0.1, 0.15) is 0 Å². The van der Waals surface area contributed by atoms with Crippen LogP contribution in [0.15, 0.2) is 12.1 Å². The van der Waals surface area contributed by atoms with Crippen molar-refractivity contribution in [2.75, 3.05) is 0 Å². The van der Waals surface area contributed by atoms with Crippen molar-refractivity contribution in [2.45, 2.75) is 38.6 Å². The van der Waals surface area contributed by atoms with E-state index in [0.717, 1.165) is 30.4 Å². The Kier molecular flexibility index (Phi) is 2.50. The highest BCUT2D eigenvalue weighted by Crippen LogP contribution is 2.36. The summed E-state index contributed by atoms with van der Waals surface area (Å²) < 4.78 is 0. The summed E-state index contributed by atoms with van der Waals surface area (Å²) in [6.45, 7) is 3.98. The predicted molar refractivity (Wildman–Crippen MR) is 62.7 cm³/mol. The third kappa shape index (κ3) is 2.09. The quantitative estimate of drug-likeness (QED) is 0.817. The maximum absolute atomic E-state index is 11.0. The molecule has 3 N–H and O–H groups in total. The Balaban J connectivity index is 2.38. The average molecular weight is 219 g/mol. The molecule has 1 fully saturated rings. The van der Waals surface area contributed by atoms with Crippen molar-refractivity contribution in [3.63, 3.8) is 0 Å². The fraction of sp³-hybridized carbons (Fsp3) is 0.462. The lowest BCUT2D eigenvalue weighted by Crippen LogP contribution is -2.25.